The fraction of sp³-hybridized carbons (Fsp3) is 0.167. The van der Waals surface area contributed by atoms with E-state index in [2.05, 4.69) is 135 Å². The monoisotopic (exact) mass is 464 g/mol. The van der Waals surface area contributed by atoms with Crippen LogP contribution in [0, 0.1) is 6.92 Å². The third-order valence-corrected chi connectivity index (χ3v) is 7.91. The Kier molecular flexibility index (Phi) is 5.82. The molecule has 0 saturated carbocycles. The Morgan fingerprint density at radius 3 is 2.06 bits per heavy atom. The molecular weight excluding hydrogens is 432 g/mol. The Morgan fingerprint density at radius 1 is 0.694 bits per heavy atom. The summed E-state index contributed by atoms with van der Waals surface area (Å²) in [7, 11) is 0. The van der Waals surface area contributed by atoms with Crippen LogP contribution in [0.5, 0.6) is 0 Å². The zero-order valence-corrected chi connectivity index (χ0v) is 21.2. The number of hydrogen-bond acceptors (Lipinski definition) is 0. The van der Waals surface area contributed by atoms with Crippen molar-refractivity contribution in [3.8, 4) is 11.1 Å². The molecule has 2 aliphatic carbocycles. The third kappa shape index (κ3) is 3.44. The van der Waals surface area contributed by atoms with E-state index in [0.717, 1.165) is 19.3 Å². The van der Waals surface area contributed by atoms with Crippen molar-refractivity contribution in [2.45, 2.75) is 38.5 Å². The summed E-state index contributed by atoms with van der Waals surface area (Å²) in [6, 6.07) is 36.1. The predicted molar refractivity (Wildman–Crippen MR) is 153 cm³/mol. The third-order valence-electron chi connectivity index (χ3n) is 7.91. The molecule has 0 heterocycles. The molecule has 4 aromatic rings. The Bertz CT molecular complexity index is 1460. The normalized spacial score (nSPS) is 15.5. The van der Waals surface area contributed by atoms with Gasteiger partial charge in [0.05, 0.1) is 5.41 Å². The molecule has 6 rings (SSSR count). The molecule has 36 heavy (non-hydrogen) atoms. The maximum absolute atomic E-state index is 2.49. The van der Waals surface area contributed by atoms with Crippen molar-refractivity contribution in [3.63, 3.8) is 0 Å². The quantitative estimate of drug-likeness (QED) is 0.276. The molecule has 0 fully saturated rings. The summed E-state index contributed by atoms with van der Waals surface area (Å²) >= 11 is 0. The molecule has 0 aliphatic heterocycles. The van der Waals surface area contributed by atoms with Crippen molar-refractivity contribution in [3.05, 3.63) is 160 Å². The second-order valence-corrected chi connectivity index (χ2v) is 9.99. The lowest BCUT2D eigenvalue weighted by molar-refractivity contribution is 0.725. The van der Waals surface area contributed by atoms with Crippen LogP contribution in [0.15, 0.2) is 127 Å². The van der Waals surface area contributed by atoms with Gasteiger partial charge in [-0.05, 0) is 81.5 Å². The standard InChI is InChI=1S/C36H32/c1-3-15-27-16-13-14-21-30(27)32-25-33-31-22-11-6-12-23-34(31)36(35(33)24-26(32)2,28-17-7-4-8-18-28)29-19-9-5-10-20-29/h4-14,16-22,24-25H,3,15,23H2,1-2H3. The largest absolute Gasteiger partial charge is 0.0804 e. The smallest absolute Gasteiger partial charge is 0.0679 e. The number of allylic oxidation sites excluding steroid dienone is 6. The lowest BCUT2D eigenvalue weighted by Gasteiger charge is -2.36. The molecular formula is C36H32. The molecule has 0 radical (unpaired) electrons. The zero-order chi connectivity index (χ0) is 24.5. The van der Waals surface area contributed by atoms with Crippen molar-refractivity contribution in [2.75, 3.05) is 0 Å². The van der Waals surface area contributed by atoms with Crippen LogP contribution in [0.25, 0.3) is 16.7 Å². The number of benzene rings is 4. The van der Waals surface area contributed by atoms with E-state index in [0.29, 0.717) is 0 Å². The van der Waals surface area contributed by atoms with E-state index in [1.165, 1.54) is 55.7 Å². The Balaban J connectivity index is 1.70. The van der Waals surface area contributed by atoms with Crippen LogP contribution in [-0.4, -0.2) is 0 Å². The van der Waals surface area contributed by atoms with Crippen molar-refractivity contribution in [1.82, 2.24) is 0 Å². The van der Waals surface area contributed by atoms with Gasteiger partial charge in [0.15, 0.2) is 0 Å². The van der Waals surface area contributed by atoms with Gasteiger partial charge >= 0.3 is 0 Å². The highest BCUT2D eigenvalue weighted by Crippen LogP contribution is 2.57. The second-order valence-electron chi connectivity index (χ2n) is 9.99. The summed E-state index contributed by atoms with van der Waals surface area (Å²) in [6.07, 6.45) is 12.2. The van der Waals surface area contributed by atoms with E-state index in [9.17, 15) is 0 Å². The number of rotatable bonds is 5. The molecule has 0 bridgehead atoms. The van der Waals surface area contributed by atoms with E-state index in [1.807, 2.05) is 0 Å². The number of fused-ring (bicyclic) bond motifs is 2. The average Bonchev–Trinajstić information content (AvgIpc) is 3.04. The minimum atomic E-state index is -0.307. The molecule has 0 N–H and O–H groups in total. The molecule has 0 aromatic heterocycles. The summed E-state index contributed by atoms with van der Waals surface area (Å²) in [4.78, 5) is 0. The van der Waals surface area contributed by atoms with Gasteiger partial charge in [0.25, 0.3) is 0 Å². The van der Waals surface area contributed by atoms with Gasteiger partial charge in [0.1, 0.15) is 0 Å². The molecule has 0 heteroatoms. The minimum Gasteiger partial charge on any atom is -0.0804 e. The Hall–Kier alpha value is -3.90. The number of hydrogen-bond donors (Lipinski definition) is 0. The highest BCUT2D eigenvalue weighted by molar-refractivity contribution is 5.93. The first-order valence-electron chi connectivity index (χ1n) is 13.2. The summed E-state index contributed by atoms with van der Waals surface area (Å²) in [5.41, 5.74) is 13.5. The van der Waals surface area contributed by atoms with Gasteiger partial charge in [0, 0.05) is 0 Å². The number of aryl methyl sites for hydroxylation is 2. The average molecular weight is 465 g/mol. The van der Waals surface area contributed by atoms with E-state index >= 15 is 0 Å². The van der Waals surface area contributed by atoms with Gasteiger partial charge in [-0.3, -0.25) is 0 Å². The molecule has 0 saturated heterocycles. The first kappa shape index (κ1) is 22.6. The lowest BCUT2D eigenvalue weighted by Crippen LogP contribution is -2.30. The van der Waals surface area contributed by atoms with Crippen LogP contribution in [0.2, 0.25) is 0 Å². The van der Waals surface area contributed by atoms with Crippen LogP contribution < -0.4 is 0 Å². The van der Waals surface area contributed by atoms with Crippen LogP contribution >= 0.6 is 0 Å². The highest BCUT2D eigenvalue weighted by atomic mass is 14.5. The Labute approximate surface area is 215 Å². The molecule has 0 amide bonds. The first-order chi connectivity index (χ1) is 17.7. The van der Waals surface area contributed by atoms with Crippen molar-refractivity contribution < 1.29 is 0 Å². The van der Waals surface area contributed by atoms with Gasteiger partial charge in [-0.1, -0.05) is 129 Å². The van der Waals surface area contributed by atoms with Gasteiger partial charge in [-0.25, -0.2) is 0 Å². The summed E-state index contributed by atoms with van der Waals surface area (Å²) in [6.45, 7) is 4.55. The zero-order valence-electron chi connectivity index (χ0n) is 21.2. The molecule has 176 valence electrons. The van der Waals surface area contributed by atoms with Gasteiger partial charge in [0.2, 0.25) is 0 Å². The van der Waals surface area contributed by atoms with Crippen LogP contribution in [0.4, 0.5) is 0 Å². The molecule has 0 nitrogen and oxygen atoms in total. The van der Waals surface area contributed by atoms with Crippen molar-refractivity contribution in [1.29, 1.82) is 0 Å². The molecule has 0 unspecified atom stereocenters. The van der Waals surface area contributed by atoms with E-state index in [1.54, 1.807) is 0 Å². The molecule has 2 aliphatic rings. The maximum Gasteiger partial charge on any atom is 0.0679 e. The van der Waals surface area contributed by atoms with Crippen molar-refractivity contribution in [2.24, 2.45) is 0 Å². The first-order valence-corrected chi connectivity index (χ1v) is 13.2. The summed E-state index contributed by atoms with van der Waals surface area (Å²) < 4.78 is 0. The minimum absolute atomic E-state index is 0.307. The maximum atomic E-state index is 2.49. The fourth-order valence-corrected chi connectivity index (χ4v) is 6.40. The second kappa shape index (κ2) is 9.28. The van der Waals surface area contributed by atoms with Gasteiger partial charge in [-0.2, -0.15) is 0 Å². The van der Waals surface area contributed by atoms with E-state index < -0.39 is 0 Å². The summed E-state index contributed by atoms with van der Waals surface area (Å²) in [5.74, 6) is 0. The predicted octanol–water partition coefficient (Wildman–Crippen LogP) is 9.23. The van der Waals surface area contributed by atoms with Gasteiger partial charge in [-0.15, -0.1) is 0 Å². The summed E-state index contributed by atoms with van der Waals surface area (Å²) in [5, 5.41) is 0. The fourth-order valence-electron chi connectivity index (χ4n) is 6.40. The van der Waals surface area contributed by atoms with Crippen LogP contribution in [0.3, 0.4) is 0 Å². The van der Waals surface area contributed by atoms with Crippen LogP contribution in [-0.2, 0) is 11.8 Å². The molecule has 4 aromatic carbocycles. The van der Waals surface area contributed by atoms with Crippen molar-refractivity contribution >= 4 is 5.57 Å². The van der Waals surface area contributed by atoms with E-state index in [4.69, 9.17) is 0 Å². The topological polar surface area (TPSA) is 0 Å². The lowest BCUT2D eigenvalue weighted by atomic mass is 9.66. The highest BCUT2D eigenvalue weighted by Gasteiger charge is 2.47. The molecule has 0 atom stereocenters. The van der Waals surface area contributed by atoms with Crippen LogP contribution in [0.1, 0.15) is 53.1 Å². The SMILES string of the molecule is CCCc1ccccc1-c1cc2c(cc1C)C(c1ccccc1)(c1ccccc1)C1=C2C=CC=CC1. The Morgan fingerprint density at radius 2 is 1.36 bits per heavy atom. The van der Waals surface area contributed by atoms with Gasteiger partial charge < -0.3 is 0 Å². The van der Waals surface area contributed by atoms with E-state index in [-0.39, 0.29) is 5.41 Å². The molecule has 0 spiro atoms.